The molecule has 15 nitrogen and oxygen atoms in total. The quantitative estimate of drug-likeness (QED) is 0.387. The summed E-state index contributed by atoms with van der Waals surface area (Å²) in [6.07, 6.45) is -5.19. The minimum Gasteiger partial charge on any atom is -0.440 e. The second-order valence-electron chi connectivity index (χ2n) is 7.95. The van der Waals surface area contributed by atoms with Crippen molar-refractivity contribution in [3.63, 3.8) is 0 Å². The van der Waals surface area contributed by atoms with Gasteiger partial charge < -0.3 is 30.6 Å². The van der Waals surface area contributed by atoms with Crippen LogP contribution in [0.5, 0.6) is 5.75 Å². The summed E-state index contributed by atoms with van der Waals surface area (Å²) < 4.78 is 15.2. The van der Waals surface area contributed by atoms with Gasteiger partial charge in [-0.05, 0) is 18.6 Å². The van der Waals surface area contributed by atoms with Crippen LogP contribution in [0.3, 0.4) is 0 Å². The van der Waals surface area contributed by atoms with E-state index in [-0.39, 0.29) is 42.6 Å². The third-order valence-corrected chi connectivity index (χ3v) is 6.44. The molecule has 2 aliphatic rings. The topological polar surface area (TPSA) is 215 Å². The molecule has 0 aliphatic carbocycles. The van der Waals surface area contributed by atoms with Gasteiger partial charge in [0.05, 0.1) is 18.0 Å². The van der Waals surface area contributed by atoms with Crippen molar-refractivity contribution in [2.24, 2.45) is 11.5 Å². The maximum Gasteiger partial charge on any atom is 0.415 e. The number of nitrogens with two attached hydrogens (primary N) is 2. The number of thioether (sulfide) groups is 1. The molecule has 0 radical (unpaired) electrons. The minimum absolute atomic E-state index is 0.0166. The summed E-state index contributed by atoms with van der Waals surface area (Å²) in [5.74, 6) is -0.540. The number of carbonyl (C=O) groups is 5. The molecule has 2 saturated heterocycles. The van der Waals surface area contributed by atoms with Crippen molar-refractivity contribution in [1.82, 2.24) is 9.80 Å². The number of nitro groups is 1. The number of rotatable bonds is 6. The van der Waals surface area contributed by atoms with Crippen LogP contribution in [0.2, 0.25) is 0 Å². The number of hydrogen-bond donors (Lipinski definition) is 2. The van der Waals surface area contributed by atoms with Crippen molar-refractivity contribution < 1.29 is 43.1 Å². The highest BCUT2D eigenvalue weighted by atomic mass is 32.2. The molecule has 1 aromatic carbocycles. The van der Waals surface area contributed by atoms with Crippen molar-refractivity contribution in [3.8, 4) is 5.75 Å². The third kappa shape index (κ3) is 6.53. The van der Waals surface area contributed by atoms with E-state index in [4.69, 9.17) is 25.7 Å². The van der Waals surface area contributed by atoms with Crippen LogP contribution >= 0.6 is 11.8 Å². The molecule has 3 rings (SSSR count). The minimum atomic E-state index is -1.14. The molecule has 16 heteroatoms. The molecule has 0 aromatic heterocycles. The van der Waals surface area contributed by atoms with E-state index >= 15 is 0 Å². The monoisotopic (exact) mass is 525 g/mol. The van der Waals surface area contributed by atoms with Gasteiger partial charge in [0.25, 0.3) is 5.69 Å². The van der Waals surface area contributed by atoms with Gasteiger partial charge in [-0.15, -0.1) is 0 Å². The molecule has 0 saturated carbocycles. The number of non-ortho nitro benzene ring substituents is 1. The Hall–Kier alpha value is -4.08. The highest BCUT2D eigenvalue weighted by Gasteiger charge is 2.47. The number of likely N-dealkylation sites (tertiary alicyclic amines) is 2. The average Bonchev–Trinajstić information content (AvgIpc) is 3.36. The third-order valence-electron chi connectivity index (χ3n) is 5.43. The summed E-state index contributed by atoms with van der Waals surface area (Å²) >= 11 is 0.970. The number of ether oxygens (including phenoxy) is 3. The van der Waals surface area contributed by atoms with E-state index in [9.17, 15) is 34.1 Å². The van der Waals surface area contributed by atoms with Crippen LogP contribution in [-0.4, -0.2) is 87.2 Å². The second kappa shape index (κ2) is 11.1. The fraction of sp³-hybridized carbons (Fsp3) is 0.450. The fourth-order valence-corrected chi connectivity index (χ4v) is 4.99. The maximum atomic E-state index is 13.4. The highest BCUT2D eigenvalue weighted by molar-refractivity contribution is 8.14. The molecule has 0 unspecified atom stereocenters. The maximum absolute atomic E-state index is 13.4. The Morgan fingerprint density at radius 3 is 2.03 bits per heavy atom. The van der Waals surface area contributed by atoms with Gasteiger partial charge in [-0.3, -0.25) is 24.6 Å². The van der Waals surface area contributed by atoms with Crippen LogP contribution in [0.4, 0.5) is 20.1 Å². The zero-order valence-corrected chi connectivity index (χ0v) is 19.8. The number of hydrogen-bond acceptors (Lipinski definition) is 11. The molecule has 194 valence electrons. The van der Waals surface area contributed by atoms with Gasteiger partial charge in [-0.1, -0.05) is 11.8 Å². The molecule has 4 atom stereocenters. The number of primary amides is 2. The van der Waals surface area contributed by atoms with Crippen LogP contribution < -0.4 is 16.2 Å². The van der Waals surface area contributed by atoms with Crippen LogP contribution in [-0.2, 0) is 19.1 Å². The van der Waals surface area contributed by atoms with E-state index in [2.05, 4.69) is 0 Å². The van der Waals surface area contributed by atoms with E-state index in [0.717, 1.165) is 28.8 Å². The summed E-state index contributed by atoms with van der Waals surface area (Å²) in [7, 11) is 0. The smallest absolute Gasteiger partial charge is 0.415 e. The van der Waals surface area contributed by atoms with Gasteiger partial charge in [0.2, 0.25) is 5.91 Å². The van der Waals surface area contributed by atoms with Gasteiger partial charge in [-0.2, -0.15) is 0 Å². The first-order valence-corrected chi connectivity index (χ1v) is 11.4. The van der Waals surface area contributed by atoms with Crippen LogP contribution in [0.25, 0.3) is 0 Å². The lowest BCUT2D eigenvalue weighted by molar-refractivity contribution is -0.384. The van der Waals surface area contributed by atoms with E-state index in [1.165, 1.54) is 24.0 Å². The lowest BCUT2D eigenvalue weighted by atomic mass is 10.2. The fourth-order valence-electron chi connectivity index (χ4n) is 4.01. The Kier molecular flexibility index (Phi) is 8.18. The molecule has 1 aromatic rings. The van der Waals surface area contributed by atoms with Gasteiger partial charge >= 0.3 is 18.3 Å². The summed E-state index contributed by atoms with van der Waals surface area (Å²) in [6, 6.07) is 3.75. The van der Waals surface area contributed by atoms with Gasteiger partial charge in [0, 0.05) is 30.9 Å². The second-order valence-corrected chi connectivity index (χ2v) is 9.43. The molecule has 2 heterocycles. The number of nitrogens with zero attached hydrogens (tertiary/aromatic N) is 3. The molecule has 0 spiro atoms. The number of amides is 4. The number of benzene rings is 1. The predicted molar refractivity (Wildman–Crippen MR) is 122 cm³/mol. The Labute approximate surface area is 208 Å². The van der Waals surface area contributed by atoms with Crippen LogP contribution in [0, 0.1) is 10.1 Å². The normalized spacial score (nSPS) is 23.1. The van der Waals surface area contributed by atoms with Gasteiger partial charge in [-0.25, -0.2) is 14.4 Å². The largest absolute Gasteiger partial charge is 0.440 e. The standard InChI is InChI=1S/C20H23N5O10S/c1-10(26)36-13-6-14(17(27)23-8-15(34-18(21)28)16(9-23)35-19(22)29)24(7-13)20(30)33-12-4-2-11(3-5-12)25(31)32/h2-5,13-16H,6-9H2,1H3,(H2,21,28)(H2,22,29)/t13-,14-,15-,16-/m0/s1. The Morgan fingerprint density at radius 2 is 1.56 bits per heavy atom. The summed E-state index contributed by atoms with van der Waals surface area (Å²) in [5.41, 5.74) is 9.92. The zero-order chi connectivity index (χ0) is 26.6. The summed E-state index contributed by atoms with van der Waals surface area (Å²) in [6.45, 7) is 1.03. The van der Waals surface area contributed by atoms with Crippen molar-refractivity contribution in [2.75, 3.05) is 19.6 Å². The lowest BCUT2D eigenvalue weighted by Gasteiger charge is -2.27. The Bertz CT molecular complexity index is 1040. The summed E-state index contributed by atoms with van der Waals surface area (Å²) in [4.78, 5) is 73.0. The molecular formula is C20H23N5O10S. The predicted octanol–water partition coefficient (Wildman–Crippen LogP) is 0.586. The highest BCUT2D eigenvalue weighted by Crippen LogP contribution is 2.31. The van der Waals surface area contributed by atoms with Crippen LogP contribution in [0.1, 0.15) is 13.3 Å². The van der Waals surface area contributed by atoms with Gasteiger partial charge in [0.1, 0.15) is 11.8 Å². The van der Waals surface area contributed by atoms with Crippen molar-refractivity contribution >= 4 is 46.8 Å². The molecular weight excluding hydrogens is 502 g/mol. The molecule has 4 amide bonds. The SMILES string of the molecule is CC(=O)S[C@H]1C[C@@H](C(=O)N2C[C@H](OC(N)=O)[C@@H](OC(N)=O)C2)N(C(=O)Oc2ccc([N+](=O)[O-])cc2)C1. The Morgan fingerprint density at radius 1 is 1.00 bits per heavy atom. The van der Waals surface area contributed by atoms with Crippen molar-refractivity contribution in [1.29, 1.82) is 0 Å². The van der Waals surface area contributed by atoms with E-state index in [1.807, 2.05) is 0 Å². The molecule has 2 aliphatic heterocycles. The van der Waals surface area contributed by atoms with E-state index in [1.54, 1.807) is 0 Å². The van der Waals surface area contributed by atoms with E-state index in [0.29, 0.717) is 0 Å². The van der Waals surface area contributed by atoms with Crippen LogP contribution in [0.15, 0.2) is 24.3 Å². The van der Waals surface area contributed by atoms with Crippen molar-refractivity contribution in [3.05, 3.63) is 34.4 Å². The first-order valence-electron chi connectivity index (χ1n) is 10.6. The zero-order valence-electron chi connectivity index (χ0n) is 18.9. The lowest BCUT2D eigenvalue weighted by Crippen LogP contribution is -2.48. The molecule has 0 bridgehead atoms. The molecule has 36 heavy (non-hydrogen) atoms. The Balaban J connectivity index is 1.77. The van der Waals surface area contributed by atoms with E-state index < -0.39 is 52.6 Å². The molecule has 4 N–H and O–H groups in total. The van der Waals surface area contributed by atoms with Gasteiger partial charge in [0.15, 0.2) is 17.3 Å². The first-order chi connectivity index (χ1) is 16.9. The van der Waals surface area contributed by atoms with Crippen molar-refractivity contribution in [2.45, 2.75) is 36.8 Å². The summed E-state index contributed by atoms with van der Waals surface area (Å²) in [5, 5.41) is 10.2. The number of carbonyl (C=O) groups excluding carboxylic acids is 5. The molecule has 2 fully saturated rings. The average molecular weight is 525 g/mol. The first kappa shape index (κ1) is 26.5. The number of nitro benzene ring substituents is 1.